The number of carboxylic acid groups (broad SMARTS) is 1. The number of hydrogen-bond donors (Lipinski definition) is 2. The van der Waals surface area contributed by atoms with Crippen LogP contribution in [-0.2, 0) is 9.59 Å². The van der Waals surface area contributed by atoms with Crippen molar-refractivity contribution in [2.24, 2.45) is 11.8 Å². The van der Waals surface area contributed by atoms with E-state index in [9.17, 15) is 14.7 Å². The standard InChI is InChI=1S/C16H29NO3/c1-4-6-7-12-8-10-13(11-9-12)14(18)17-16(3,5-2)15(19)20/h12-13H,4-11H2,1-3H3,(H,17,18)(H,19,20). The lowest BCUT2D eigenvalue weighted by molar-refractivity contribution is -0.148. The SMILES string of the molecule is CCCCC1CCC(C(=O)NC(C)(CC)C(=O)O)CC1. The van der Waals surface area contributed by atoms with Gasteiger partial charge < -0.3 is 10.4 Å². The highest BCUT2D eigenvalue weighted by molar-refractivity contribution is 5.87. The fraction of sp³-hybridized carbons (Fsp3) is 0.875. The predicted octanol–water partition coefficient (Wildman–Crippen LogP) is 3.35. The van der Waals surface area contributed by atoms with Crippen LogP contribution in [0.3, 0.4) is 0 Å². The van der Waals surface area contributed by atoms with E-state index in [1.54, 1.807) is 13.8 Å². The van der Waals surface area contributed by atoms with Crippen molar-refractivity contribution in [2.75, 3.05) is 0 Å². The van der Waals surface area contributed by atoms with E-state index >= 15 is 0 Å². The Kier molecular flexibility index (Phi) is 6.50. The summed E-state index contributed by atoms with van der Waals surface area (Å²) in [5.74, 6) is -0.273. The first kappa shape index (κ1) is 17.0. The first-order valence-corrected chi connectivity index (χ1v) is 7.98. The van der Waals surface area contributed by atoms with Crippen LogP contribution in [-0.4, -0.2) is 22.5 Å². The van der Waals surface area contributed by atoms with Gasteiger partial charge in [-0.25, -0.2) is 4.79 Å². The molecule has 0 aliphatic heterocycles. The molecule has 1 rings (SSSR count). The minimum atomic E-state index is -1.13. The molecule has 1 unspecified atom stereocenters. The summed E-state index contributed by atoms with van der Waals surface area (Å²) in [6.45, 7) is 5.58. The molecule has 1 fully saturated rings. The largest absolute Gasteiger partial charge is 0.480 e. The predicted molar refractivity (Wildman–Crippen MR) is 79.4 cm³/mol. The van der Waals surface area contributed by atoms with E-state index in [2.05, 4.69) is 12.2 Å². The lowest BCUT2D eigenvalue weighted by Gasteiger charge is -2.31. The van der Waals surface area contributed by atoms with Crippen LogP contribution in [0.2, 0.25) is 0 Å². The van der Waals surface area contributed by atoms with Crippen molar-refractivity contribution in [1.82, 2.24) is 5.32 Å². The Morgan fingerprint density at radius 1 is 1.20 bits per heavy atom. The molecule has 1 aliphatic carbocycles. The van der Waals surface area contributed by atoms with Crippen molar-refractivity contribution in [3.8, 4) is 0 Å². The van der Waals surface area contributed by atoms with E-state index in [0.717, 1.165) is 31.6 Å². The van der Waals surface area contributed by atoms with Gasteiger partial charge in [0.15, 0.2) is 0 Å². The molecule has 2 N–H and O–H groups in total. The van der Waals surface area contributed by atoms with Gasteiger partial charge in [-0.1, -0.05) is 33.1 Å². The van der Waals surface area contributed by atoms with Crippen molar-refractivity contribution in [1.29, 1.82) is 0 Å². The third-order valence-electron chi connectivity index (χ3n) is 4.76. The summed E-state index contributed by atoms with van der Waals surface area (Å²) in [4.78, 5) is 23.4. The molecule has 0 saturated heterocycles. The van der Waals surface area contributed by atoms with Gasteiger partial charge in [0, 0.05) is 5.92 Å². The first-order chi connectivity index (χ1) is 9.42. The van der Waals surface area contributed by atoms with Crippen LogP contribution >= 0.6 is 0 Å². The normalized spacial score (nSPS) is 25.8. The minimum absolute atomic E-state index is 0.00176. The second kappa shape index (κ2) is 7.65. The van der Waals surface area contributed by atoms with Gasteiger partial charge in [-0.15, -0.1) is 0 Å². The van der Waals surface area contributed by atoms with Crippen LogP contribution in [0.4, 0.5) is 0 Å². The van der Waals surface area contributed by atoms with Gasteiger partial charge in [0.05, 0.1) is 0 Å². The summed E-state index contributed by atoms with van der Waals surface area (Å²) in [7, 11) is 0. The third-order valence-corrected chi connectivity index (χ3v) is 4.76. The van der Waals surface area contributed by atoms with Crippen molar-refractivity contribution >= 4 is 11.9 Å². The number of rotatable bonds is 7. The summed E-state index contributed by atoms with van der Waals surface area (Å²) in [6, 6.07) is 0. The zero-order valence-electron chi connectivity index (χ0n) is 13.1. The fourth-order valence-electron chi connectivity index (χ4n) is 2.87. The number of hydrogen-bond acceptors (Lipinski definition) is 2. The van der Waals surface area contributed by atoms with E-state index in [0.29, 0.717) is 6.42 Å². The fourth-order valence-corrected chi connectivity index (χ4v) is 2.87. The van der Waals surface area contributed by atoms with Crippen LogP contribution in [0.15, 0.2) is 0 Å². The Bertz CT molecular complexity index is 335. The number of carbonyl (C=O) groups is 2. The van der Waals surface area contributed by atoms with Crippen molar-refractivity contribution in [2.45, 2.75) is 77.7 Å². The lowest BCUT2D eigenvalue weighted by atomic mass is 9.79. The zero-order chi connectivity index (χ0) is 15.2. The second-order valence-corrected chi connectivity index (χ2v) is 6.34. The van der Waals surface area contributed by atoms with Crippen molar-refractivity contribution in [3.05, 3.63) is 0 Å². The molecule has 116 valence electrons. The smallest absolute Gasteiger partial charge is 0.329 e. The van der Waals surface area contributed by atoms with Crippen LogP contribution < -0.4 is 5.32 Å². The maximum atomic E-state index is 12.2. The van der Waals surface area contributed by atoms with Gasteiger partial charge >= 0.3 is 5.97 Å². The van der Waals surface area contributed by atoms with Gasteiger partial charge in [0.25, 0.3) is 0 Å². The van der Waals surface area contributed by atoms with Crippen molar-refractivity contribution < 1.29 is 14.7 Å². The van der Waals surface area contributed by atoms with Crippen LogP contribution in [0, 0.1) is 11.8 Å². The molecule has 0 aromatic rings. The second-order valence-electron chi connectivity index (χ2n) is 6.34. The Morgan fingerprint density at radius 2 is 1.80 bits per heavy atom. The summed E-state index contributed by atoms with van der Waals surface area (Å²) < 4.78 is 0. The van der Waals surface area contributed by atoms with E-state index in [1.807, 2.05) is 0 Å². The third kappa shape index (κ3) is 4.50. The highest BCUT2D eigenvalue weighted by atomic mass is 16.4. The summed E-state index contributed by atoms with van der Waals surface area (Å²) in [5, 5.41) is 11.9. The van der Waals surface area contributed by atoms with Gasteiger partial charge in [-0.05, 0) is 44.9 Å². The minimum Gasteiger partial charge on any atom is -0.480 e. The molecule has 0 aromatic heterocycles. The van der Waals surface area contributed by atoms with E-state index < -0.39 is 11.5 Å². The molecule has 4 nitrogen and oxygen atoms in total. The molecule has 0 aromatic carbocycles. The Balaban J connectivity index is 2.45. The number of aliphatic carboxylic acids is 1. The van der Waals surface area contributed by atoms with Gasteiger partial charge in [-0.3, -0.25) is 4.79 Å². The highest BCUT2D eigenvalue weighted by Crippen LogP contribution is 2.32. The molecular formula is C16H29NO3. The average molecular weight is 283 g/mol. The topological polar surface area (TPSA) is 66.4 Å². The number of nitrogens with one attached hydrogen (secondary N) is 1. The molecule has 0 radical (unpaired) electrons. The van der Waals surface area contributed by atoms with E-state index in [4.69, 9.17) is 0 Å². The van der Waals surface area contributed by atoms with Crippen LogP contribution in [0.5, 0.6) is 0 Å². The van der Waals surface area contributed by atoms with Gasteiger partial charge in [-0.2, -0.15) is 0 Å². The van der Waals surface area contributed by atoms with E-state index in [1.165, 1.54) is 19.3 Å². The highest BCUT2D eigenvalue weighted by Gasteiger charge is 2.35. The molecule has 1 saturated carbocycles. The average Bonchev–Trinajstić information content (AvgIpc) is 2.45. The molecule has 1 aliphatic rings. The molecule has 1 amide bonds. The Labute approximate surface area is 122 Å². The first-order valence-electron chi connectivity index (χ1n) is 7.98. The lowest BCUT2D eigenvalue weighted by Crippen LogP contribution is -2.53. The monoisotopic (exact) mass is 283 g/mol. The van der Waals surface area contributed by atoms with Gasteiger partial charge in [0.1, 0.15) is 5.54 Å². The maximum Gasteiger partial charge on any atom is 0.329 e. The number of amides is 1. The van der Waals surface area contributed by atoms with Crippen molar-refractivity contribution in [3.63, 3.8) is 0 Å². The Morgan fingerprint density at radius 3 is 2.25 bits per heavy atom. The number of carboxylic acids is 1. The van der Waals surface area contributed by atoms with Gasteiger partial charge in [0.2, 0.25) is 5.91 Å². The Hall–Kier alpha value is -1.06. The molecular weight excluding hydrogens is 254 g/mol. The molecule has 0 heterocycles. The van der Waals surface area contributed by atoms with E-state index in [-0.39, 0.29) is 11.8 Å². The molecule has 0 bridgehead atoms. The molecule has 4 heteroatoms. The maximum absolute atomic E-state index is 12.2. The molecule has 20 heavy (non-hydrogen) atoms. The number of unbranched alkanes of at least 4 members (excludes halogenated alkanes) is 1. The zero-order valence-corrected chi connectivity index (χ0v) is 13.1. The molecule has 1 atom stereocenters. The van der Waals surface area contributed by atoms with Crippen LogP contribution in [0.25, 0.3) is 0 Å². The van der Waals surface area contributed by atoms with Crippen LogP contribution in [0.1, 0.15) is 72.1 Å². The quantitative estimate of drug-likeness (QED) is 0.753. The summed E-state index contributed by atoms with van der Waals surface area (Å²) in [5.41, 5.74) is -1.13. The number of carbonyl (C=O) groups excluding carboxylic acids is 1. The molecule has 0 spiro atoms. The summed E-state index contributed by atoms with van der Waals surface area (Å²) in [6.07, 6.45) is 8.19. The summed E-state index contributed by atoms with van der Waals surface area (Å²) >= 11 is 0.